The molecule has 2 aromatic rings. The Labute approximate surface area is 111 Å². The van der Waals surface area contributed by atoms with Gasteiger partial charge in [0.05, 0.1) is 18.7 Å². The van der Waals surface area contributed by atoms with Gasteiger partial charge in [0.1, 0.15) is 5.75 Å². The Bertz CT molecular complexity index is 644. The fraction of sp³-hybridized carbons (Fsp3) is 0.125. The first-order valence-corrected chi connectivity index (χ1v) is 6.11. The predicted molar refractivity (Wildman–Crippen MR) is 74.7 cm³/mol. The van der Waals surface area contributed by atoms with Gasteiger partial charge in [-0.2, -0.15) is 0 Å². The summed E-state index contributed by atoms with van der Waals surface area (Å²) >= 11 is 0. The zero-order valence-electron chi connectivity index (χ0n) is 10.5. The molecule has 0 spiro atoms. The van der Waals surface area contributed by atoms with E-state index in [-0.39, 0.29) is 11.7 Å². The summed E-state index contributed by atoms with van der Waals surface area (Å²) in [7, 11) is 1.62. The van der Waals surface area contributed by atoms with Gasteiger partial charge in [0.25, 0.3) is 0 Å². The lowest BCUT2D eigenvalue weighted by Crippen LogP contribution is -2.17. The highest BCUT2D eigenvalue weighted by Crippen LogP contribution is 2.31. The highest BCUT2D eigenvalue weighted by molar-refractivity contribution is 6.15. The minimum Gasteiger partial charge on any atom is -0.497 e. The molecule has 19 heavy (non-hydrogen) atoms. The second kappa shape index (κ2) is 4.69. The van der Waals surface area contributed by atoms with Crippen molar-refractivity contribution in [1.29, 1.82) is 0 Å². The van der Waals surface area contributed by atoms with E-state index in [0.717, 1.165) is 17.0 Å². The molecule has 0 saturated heterocycles. The number of ketones is 1. The molecule has 3 heteroatoms. The van der Waals surface area contributed by atoms with Crippen LogP contribution in [0.25, 0.3) is 0 Å². The number of methoxy groups -OCH3 is 1. The molecule has 0 fully saturated rings. The van der Waals surface area contributed by atoms with Crippen LogP contribution in [0.2, 0.25) is 0 Å². The first-order valence-electron chi connectivity index (χ1n) is 6.11. The molecule has 1 unspecified atom stereocenters. The summed E-state index contributed by atoms with van der Waals surface area (Å²) < 4.78 is 5.12. The average Bonchev–Trinajstić information content (AvgIpc) is 2.48. The molecular formula is C16H13NO2. The molecular weight excluding hydrogens is 238 g/mol. The number of benzene rings is 2. The molecule has 3 rings (SSSR count). The average molecular weight is 251 g/mol. The van der Waals surface area contributed by atoms with Crippen molar-refractivity contribution in [3.63, 3.8) is 0 Å². The van der Waals surface area contributed by atoms with Gasteiger partial charge in [-0.15, -0.1) is 0 Å². The number of ether oxygens (including phenoxy) is 1. The van der Waals surface area contributed by atoms with Crippen LogP contribution < -0.4 is 4.74 Å². The molecule has 0 aromatic heterocycles. The van der Waals surface area contributed by atoms with Gasteiger partial charge in [-0.1, -0.05) is 24.3 Å². The van der Waals surface area contributed by atoms with Crippen LogP contribution in [0.4, 0.5) is 5.69 Å². The van der Waals surface area contributed by atoms with Gasteiger partial charge < -0.3 is 4.74 Å². The van der Waals surface area contributed by atoms with Crippen molar-refractivity contribution in [3.05, 3.63) is 59.7 Å². The molecule has 3 nitrogen and oxygen atoms in total. The van der Waals surface area contributed by atoms with E-state index in [1.165, 1.54) is 0 Å². The second-order valence-electron chi connectivity index (χ2n) is 4.41. The van der Waals surface area contributed by atoms with E-state index in [1.807, 2.05) is 48.5 Å². The van der Waals surface area contributed by atoms with Gasteiger partial charge in [0.15, 0.2) is 5.78 Å². The van der Waals surface area contributed by atoms with Crippen molar-refractivity contribution in [1.82, 2.24) is 0 Å². The Balaban J connectivity index is 1.97. The number of rotatable bonds is 2. The van der Waals surface area contributed by atoms with Crippen molar-refractivity contribution in [2.45, 2.75) is 5.92 Å². The smallest absolute Gasteiger partial charge is 0.177 e. The van der Waals surface area contributed by atoms with E-state index in [9.17, 15) is 4.79 Å². The molecule has 94 valence electrons. The maximum atomic E-state index is 12.4. The zero-order valence-corrected chi connectivity index (χ0v) is 10.5. The maximum absolute atomic E-state index is 12.4. The molecule has 1 aliphatic rings. The molecule has 0 amide bonds. The summed E-state index contributed by atoms with van der Waals surface area (Å²) in [5.41, 5.74) is 2.37. The minimum atomic E-state index is -0.305. The number of hydrogen-bond donors (Lipinski definition) is 0. The Morgan fingerprint density at radius 2 is 1.79 bits per heavy atom. The normalized spacial score (nSPS) is 17.1. The van der Waals surface area contributed by atoms with E-state index in [2.05, 4.69) is 4.99 Å². The van der Waals surface area contributed by atoms with E-state index < -0.39 is 0 Å². The number of carbonyl (C=O) groups excluding carboxylic acids is 1. The number of aliphatic imine (C=N–C) groups is 1. The summed E-state index contributed by atoms with van der Waals surface area (Å²) in [4.78, 5) is 16.8. The molecule has 0 saturated carbocycles. The summed E-state index contributed by atoms with van der Waals surface area (Å²) in [6.45, 7) is 0. The van der Waals surface area contributed by atoms with Crippen LogP contribution in [0, 0.1) is 0 Å². The topological polar surface area (TPSA) is 38.7 Å². The van der Waals surface area contributed by atoms with Crippen molar-refractivity contribution in [3.8, 4) is 5.75 Å². The maximum Gasteiger partial charge on any atom is 0.177 e. The first kappa shape index (κ1) is 11.7. The molecule has 0 aliphatic carbocycles. The number of fused-ring (bicyclic) bond motifs is 1. The van der Waals surface area contributed by atoms with Crippen LogP contribution >= 0.6 is 0 Å². The van der Waals surface area contributed by atoms with Crippen molar-refractivity contribution in [2.24, 2.45) is 4.99 Å². The quantitative estimate of drug-likeness (QED) is 0.820. The van der Waals surface area contributed by atoms with E-state index in [1.54, 1.807) is 13.3 Å². The molecule has 1 atom stereocenters. The zero-order chi connectivity index (χ0) is 13.2. The lowest BCUT2D eigenvalue weighted by atomic mass is 9.89. The van der Waals surface area contributed by atoms with Crippen molar-refractivity contribution < 1.29 is 9.53 Å². The lowest BCUT2D eigenvalue weighted by molar-refractivity contribution is 0.0983. The minimum absolute atomic E-state index is 0.0933. The van der Waals surface area contributed by atoms with Gasteiger partial charge in [0.2, 0.25) is 0 Å². The van der Waals surface area contributed by atoms with Gasteiger partial charge in [-0.3, -0.25) is 9.79 Å². The summed E-state index contributed by atoms with van der Waals surface area (Å²) in [6, 6.07) is 15.0. The summed E-state index contributed by atoms with van der Waals surface area (Å²) in [5, 5.41) is 0. The standard InChI is InChI=1S/C16H13NO2/c1-19-12-8-6-11(7-9-12)14-10-17-15-5-3-2-4-13(15)16(14)18/h2-10,14H,1H3. The molecule has 1 heterocycles. The van der Waals surface area contributed by atoms with Crippen LogP contribution in [0.15, 0.2) is 53.5 Å². The van der Waals surface area contributed by atoms with Crippen molar-refractivity contribution in [2.75, 3.05) is 7.11 Å². The Morgan fingerprint density at radius 1 is 1.05 bits per heavy atom. The molecule has 2 aromatic carbocycles. The predicted octanol–water partition coefficient (Wildman–Crippen LogP) is 3.38. The van der Waals surface area contributed by atoms with E-state index in [4.69, 9.17) is 4.74 Å². The Hall–Kier alpha value is -2.42. The third-order valence-corrected chi connectivity index (χ3v) is 3.29. The van der Waals surface area contributed by atoms with E-state index in [0.29, 0.717) is 5.56 Å². The van der Waals surface area contributed by atoms with Crippen LogP contribution in [0.5, 0.6) is 5.75 Å². The summed E-state index contributed by atoms with van der Waals surface area (Å²) in [5.74, 6) is 0.570. The highest BCUT2D eigenvalue weighted by atomic mass is 16.5. The second-order valence-corrected chi connectivity index (χ2v) is 4.41. The SMILES string of the molecule is COc1ccc(C2C=Nc3ccccc3C2=O)cc1. The lowest BCUT2D eigenvalue weighted by Gasteiger charge is -2.17. The largest absolute Gasteiger partial charge is 0.497 e. The number of hydrogen-bond acceptors (Lipinski definition) is 3. The third-order valence-electron chi connectivity index (χ3n) is 3.29. The molecule has 1 aliphatic heterocycles. The van der Waals surface area contributed by atoms with Gasteiger partial charge >= 0.3 is 0 Å². The monoisotopic (exact) mass is 251 g/mol. The van der Waals surface area contributed by atoms with Gasteiger partial charge in [-0.05, 0) is 29.8 Å². The van der Waals surface area contributed by atoms with Gasteiger partial charge in [0, 0.05) is 11.8 Å². The van der Waals surface area contributed by atoms with Gasteiger partial charge in [-0.25, -0.2) is 0 Å². The van der Waals surface area contributed by atoms with Crippen LogP contribution in [-0.2, 0) is 0 Å². The first-order chi connectivity index (χ1) is 9.29. The number of para-hydroxylation sites is 1. The highest BCUT2D eigenvalue weighted by Gasteiger charge is 2.25. The summed E-state index contributed by atoms with van der Waals surface area (Å²) in [6.07, 6.45) is 1.71. The van der Waals surface area contributed by atoms with Crippen LogP contribution in [0.3, 0.4) is 0 Å². The molecule has 0 bridgehead atoms. The van der Waals surface area contributed by atoms with Crippen LogP contribution in [-0.4, -0.2) is 19.1 Å². The molecule has 0 N–H and O–H groups in total. The fourth-order valence-corrected chi connectivity index (χ4v) is 2.23. The third kappa shape index (κ3) is 2.03. The van der Waals surface area contributed by atoms with Crippen LogP contribution in [0.1, 0.15) is 21.8 Å². The molecule has 0 radical (unpaired) electrons. The van der Waals surface area contributed by atoms with Crippen molar-refractivity contribution >= 4 is 17.7 Å². The number of Topliss-reactive ketones (excluding diaryl/α,β-unsaturated/α-hetero) is 1. The number of nitrogens with zero attached hydrogens (tertiary/aromatic N) is 1. The number of carbonyl (C=O) groups is 1. The van der Waals surface area contributed by atoms with E-state index >= 15 is 0 Å². The fourth-order valence-electron chi connectivity index (χ4n) is 2.23. The Morgan fingerprint density at radius 3 is 2.53 bits per heavy atom. The Kier molecular flexibility index (Phi) is 2.88.